The smallest absolute Gasteiger partial charge is 0.227 e. The third-order valence-corrected chi connectivity index (χ3v) is 4.89. The number of nitrogens with zero attached hydrogens (tertiary/aromatic N) is 3. The number of aromatic nitrogens is 3. The molecule has 1 aliphatic rings. The number of piperidine rings is 1. The van der Waals surface area contributed by atoms with Gasteiger partial charge in [-0.1, -0.05) is 0 Å². The third kappa shape index (κ3) is 3.42. The topological polar surface area (TPSA) is 73.9 Å². The molecule has 1 atom stereocenters. The third-order valence-electron chi connectivity index (χ3n) is 4.89. The first-order chi connectivity index (χ1) is 11.6. The van der Waals surface area contributed by atoms with Crippen molar-refractivity contribution in [2.24, 2.45) is 0 Å². The van der Waals surface area contributed by atoms with Crippen LogP contribution >= 0.6 is 0 Å². The lowest BCUT2D eigenvalue weighted by molar-refractivity contribution is -0.131. The van der Waals surface area contributed by atoms with Gasteiger partial charge in [0.05, 0.1) is 12.1 Å². The second kappa shape index (κ2) is 7.03. The van der Waals surface area contributed by atoms with Crippen LogP contribution in [0, 0.1) is 13.8 Å². The van der Waals surface area contributed by atoms with Crippen molar-refractivity contribution < 1.29 is 4.79 Å². The lowest BCUT2D eigenvalue weighted by atomic mass is 9.91. The zero-order chi connectivity index (χ0) is 17.1. The van der Waals surface area contributed by atoms with E-state index in [2.05, 4.69) is 32.6 Å². The normalized spacial score (nSPS) is 17.8. The van der Waals surface area contributed by atoms with Crippen molar-refractivity contribution in [3.8, 4) is 0 Å². The number of likely N-dealkylation sites (tertiary alicyclic amines) is 1. The lowest BCUT2D eigenvalue weighted by Gasteiger charge is -2.33. The molecule has 3 rings (SSSR count). The average Bonchev–Trinajstić information content (AvgIpc) is 2.94. The van der Waals surface area contributed by atoms with Crippen LogP contribution in [0.2, 0.25) is 0 Å². The molecule has 0 spiro atoms. The highest BCUT2D eigenvalue weighted by Crippen LogP contribution is 2.28. The Morgan fingerprint density at radius 1 is 1.46 bits per heavy atom. The maximum atomic E-state index is 12.7. The molecule has 6 nitrogen and oxygen atoms in total. The molecule has 6 heteroatoms. The number of rotatable bonds is 4. The number of hydrogen-bond donors (Lipinski definition) is 2. The highest BCUT2D eigenvalue weighted by Gasteiger charge is 2.26. The largest absolute Gasteiger partial charge is 0.373 e. The monoisotopic (exact) mass is 327 g/mol. The van der Waals surface area contributed by atoms with Crippen molar-refractivity contribution in [1.29, 1.82) is 0 Å². The lowest BCUT2D eigenvalue weighted by Crippen LogP contribution is -2.40. The fraction of sp³-hybridized carbons (Fsp3) is 0.500. The summed E-state index contributed by atoms with van der Waals surface area (Å²) in [5.74, 6) is 1.44. The minimum absolute atomic E-state index is 0.190. The van der Waals surface area contributed by atoms with Crippen LogP contribution in [0.25, 0.3) is 0 Å². The van der Waals surface area contributed by atoms with E-state index in [-0.39, 0.29) is 5.91 Å². The highest BCUT2D eigenvalue weighted by atomic mass is 16.2. The van der Waals surface area contributed by atoms with E-state index < -0.39 is 0 Å². The summed E-state index contributed by atoms with van der Waals surface area (Å²) in [4.78, 5) is 19.0. The second-order valence-corrected chi connectivity index (χ2v) is 6.49. The highest BCUT2D eigenvalue weighted by molar-refractivity contribution is 5.79. The molecule has 24 heavy (non-hydrogen) atoms. The number of pyridine rings is 1. The van der Waals surface area contributed by atoms with Crippen molar-refractivity contribution >= 4 is 11.7 Å². The van der Waals surface area contributed by atoms with Crippen molar-refractivity contribution in [3.63, 3.8) is 0 Å². The summed E-state index contributed by atoms with van der Waals surface area (Å²) in [7, 11) is 1.87. The molecule has 1 aliphatic heterocycles. The van der Waals surface area contributed by atoms with E-state index in [1.165, 1.54) is 5.56 Å². The molecule has 1 unspecified atom stereocenters. The van der Waals surface area contributed by atoms with Crippen molar-refractivity contribution in [2.75, 3.05) is 25.5 Å². The van der Waals surface area contributed by atoms with Gasteiger partial charge in [0, 0.05) is 43.5 Å². The van der Waals surface area contributed by atoms with Gasteiger partial charge in [-0.25, -0.2) is 4.98 Å². The Kier molecular flexibility index (Phi) is 4.83. The molecule has 1 fully saturated rings. The Balaban J connectivity index is 1.69. The van der Waals surface area contributed by atoms with E-state index in [1.54, 1.807) is 0 Å². The number of H-pyrrole nitrogens is 1. The zero-order valence-corrected chi connectivity index (χ0v) is 14.6. The van der Waals surface area contributed by atoms with Crippen LogP contribution in [-0.2, 0) is 11.2 Å². The Hall–Kier alpha value is -2.37. The van der Waals surface area contributed by atoms with Gasteiger partial charge in [-0.3, -0.25) is 9.89 Å². The maximum absolute atomic E-state index is 12.7. The van der Waals surface area contributed by atoms with Crippen LogP contribution in [0.3, 0.4) is 0 Å². The fourth-order valence-corrected chi connectivity index (χ4v) is 3.41. The number of aromatic amines is 1. The average molecular weight is 327 g/mol. The number of carbonyl (C=O) groups excluding carboxylic acids is 1. The fourth-order valence-electron chi connectivity index (χ4n) is 3.41. The first-order valence-corrected chi connectivity index (χ1v) is 8.50. The van der Waals surface area contributed by atoms with Crippen molar-refractivity contribution in [1.82, 2.24) is 20.1 Å². The molecule has 0 aromatic carbocycles. The number of amides is 1. The van der Waals surface area contributed by atoms with Crippen LogP contribution in [0.1, 0.15) is 41.3 Å². The number of carbonyl (C=O) groups is 1. The van der Waals surface area contributed by atoms with Crippen LogP contribution in [0.5, 0.6) is 0 Å². The number of anilines is 1. The Bertz CT molecular complexity index is 704. The summed E-state index contributed by atoms with van der Waals surface area (Å²) >= 11 is 0. The SMILES string of the molecule is CNc1cc(C2CCCN(C(=O)Cc3c(C)n[nH]c3C)C2)ccn1. The summed E-state index contributed by atoms with van der Waals surface area (Å²) in [6.07, 6.45) is 4.41. The summed E-state index contributed by atoms with van der Waals surface area (Å²) in [6.45, 7) is 5.54. The Morgan fingerprint density at radius 3 is 3.00 bits per heavy atom. The molecular weight excluding hydrogens is 302 g/mol. The van der Waals surface area contributed by atoms with Gasteiger partial charge < -0.3 is 10.2 Å². The second-order valence-electron chi connectivity index (χ2n) is 6.49. The van der Waals surface area contributed by atoms with Crippen LogP contribution in [-0.4, -0.2) is 46.1 Å². The standard InChI is InChI=1S/C18H25N5O/c1-12-16(13(2)22-21-12)10-18(24)23-8-4-5-15(11-23)14-6-7-20-17(9-14)19-3/h6-7,9,15H,4-5,8,10-11H2,1-3H3,(H,19,20)(H,21,22). The first-order valence-electron chi connectivity index (χ1n) is 8.50. The molecule has 128 valence electrons. The van der Waals surface area contributed by atoms with Gasteiger partial charge in [-0.05, 0) is 44.4 Å². The molecule has 0 aliphatic carbocycles. The molecule has 1 amide bonds. The first kappa shape index (κ1) is 16.5. The van der Waals surface area contributed by atoms with E-state index in [0.717, 1.165) is 48.7 Å². The van der Waals surface area contributed by atoms with E-state index in [4.69, 9.17) is 0 Å². The van der Waals surface area contributed by atoms with E-state index in [1.807, 2.05) is 32.0 Å². The van der Waals surface area contributed by atoms with Gasteiger partial charge in [0.2, 0.25) is 5.91 Å². The van der Waals surface area contributed by atoms with Crippen molar-refractivity contribution in [3.05, 3.63) is 40.8 Å². The molecule has 0 saturated carbocycles. The van der Waals surface area contributed by atoms with Crippen molar-refractivity contribution in [2.45, 2.75) is 39.0 Å². The maximum Gasteiger partial charge on any atom is 0.227 e. The van der Waals surface area contributed by atoms with Gasteiger partial charge in [-0.15, -0.1) is 0 Å². The zero-order valence-electron chi connectivity index (χ0n) is 14.6. The van der Waals surface area contributed by atoms with Crippen LogP contribution in [0.15, 0.2) is 18.3 Å². The quantitative estimate of drug-likeness (QED) is 0.904. The Morgan fingerprint density at radius 2 is 2.29 bits per heavy atom. The number of nitrogens with one attached hydrogen (secondary N) is 2. The van der Waals surface area contributed by atoms with E-state index in [9.17, 15) is 4.79 Å². The van der Waals surface area contributed by atoms with Crippen LogP contribution < -0.4 is 5.32 Å². The summed E-state index contributed by atoms with van der Waals surface area (Å²) in [5, 5.41) is 10.2. The van der Waals surface area contributed by atoms with Gasteiger partial charge in [0.15, 0.2) is 0 Å². The number of hydrogen-bond acceptors (Lipinski definition) is 4. The van der Waals surface area contributed by atoms with Gasteiger partial charge in [-0.2, -0.15) is 5.10 Å². The van der Waals surface area contributed by atoms with Crippen LogP contribution in [0.4, 0.5) is 5.82 Å². The molecule has 2 N–H and O–H groups in total. The minimum Gasteiger partial charge on any atom is -0.373 e. The molecule has 2 aromatic rings. The number of aryl methyl sites for hydroxylation is 2. The van der Waals surface area contributed by atoms with E-state index >= 15 is 0 Å². The van der Waals surface area contributed by atoms with Gasteiger partial charge >= 0.3 is 0 Å². The molecule has 1 saturated heterocycles. The summed E-state index contributed by atoms with van der Waals surface area (Å²) in [6, 6.07) is 4.15. The summed E-state index contributed by atoms with van der Waals surface area (Å²) < 4.78 is 0. The van der Waals surface area contributed by atoms with Gasteiger partial charge in [0.1, 0.15) is 5.82 Å². The molecule has 0 radical (unpaired) electrons. The predicted molar refractivity (Wildman–Crippen MR) is 94.1 cm³/mol. The van der Waals surface area contributed by atoms with Gasteiger partial charge in [0.25, 0.3) is 0 Å². The molecule has 0 bridgehead atoms. The molecule has 2 aromatic heterocycles. The minimum atomic E-state index is 0.190. The molecule has 3 heterocycles. The molecular formula is C18H25N5O. The predicted octanol–water partition coefficient (Wildman–Crippen LogP) is 2.41. The van der Waals surface area contributed by atoms with E-state index in [0.29, 0.717) is 12.3 Å². The Labute approximate surface area is 142 Å². The summed E-state index contributed by atoms with van der Waals surface area (Å²) in [5.41, 5.74) is 4.19.